The number of nitrogens with one attached hydrogen (secondary N) is 2. The van der Waals surface area contributed by atoms with Crippen molar-refractivity contribution in [2.24, 2.45) is 0 Å². The van der Waals surface area contributed by atoms with E-state index in [2.05, 4.69) is 10.6 Å². The molecule has 0 aliphatic carbocycles. The third-order valence-corrected chi connectivity index (χ3v) is 2.24. The van der Waals surface area contributed by atoms with E-state index in [1.54, 1.807) is 24.3 Å². The molecule has 1 atom stereocenters. The molecular weight excluding hydrogens is 220 g/mol. The van der Waals surface area contributed by atoms with Crippen LogP contribution in [-0.4, -0.2) is 41.9 Å². The van der Waals surface area contributed by atoms with E-state index in [1.165, 1.54) is 0 Å². The van der Waals surface area contributed by atoms with Gasteiger partial charge in [0.2, 0.25) is 0 Å². The highest BCUT2D eigenvalue weighted by atomic mass is 16.3. The Morgan fingerprint density at radius 3 is 2.53 bits per heavy atom. The fourth-order valence-corrected chi connectivity index (χ4v) is 1.30. The third-order valence-electron chi connectivity index (χ3n) is 2.24. The van der Waals surface area contributed by atoms with Gasteiger partial charge in [-0.2, -0.15) is 0 Å². The van der Waals surface area contributed by atoms with Crippen LogP contribution in [0, 0.1) is 0 Å². The normalized spacial score (nSPS) is 11.9. The van der Waals surface area contributed by atoms with Gasteiger partial charge >= 0.3 is 0 Å². The van der Waals surface area contributed by atoms with E-state index < -0.39 is 6.10 Å². The van der Waals surface area contributed by atoms with E-state index >= 15 is 0 Å². The SMILES string of the molecule is CCNC(=O)c1ccc(NCC(O)CO)cc1. The van der Waals surface area contributed by atoms with Gasteiger partial charge in [0.15, 0.2) is 0 Å². The molecule has 0 aliphatic heterocycles. The third kappa shape index (κ3) is 4.42. The van der Waals surface area contributed by atoms with Crippen molar-refractivity contribution in [1.29, 1.82) is 0 Å². The van der Waals surface area contributed by atoms with Gasteiger partial charge in [-0.3, -0.25) is 4.79 Å². The zero-order chi connectivity index (χ0) is 12.7. The van der Waals surface area contributed by atoms with Gasteiger partial charge in [0.25, 0.3) is 5.91 Å². The minimum Gasteiger partial charge on any atom is -0.394 e. The fourth-order valence-electron chi connectivity index (χ4n) is 1.30. The number of amides is 1. The quantitative estimate of drug-likeness (QED) is 0.571. The first-order valence-corrected chi connectivity index (χ1v) is 5.58. The van der Waals surface area contributed by atoms with Crippen molar-refractivity contribution in [2.45, 2.75) is 13.0 Å². The average molecular weight is 238 g/mol. The van der Waals surface area contributed by atoms with Crippen molar-refractivity contribution in [2.75, 3.05) is 25.0 Å². The number of rotatable bonds is 6. The van der Waals surface area contributed by atoms with E-state index in [-0.39, 0.29) is 19.1 Å². The van der Waals surface area contributed by atoms with Gasteiger partial charge < -0.3 is 20.8 Å². The number of aliphatic hydroxyl groups excluding tert-OH is 2. The van der Waals surface area contributed by atoms with E-state index in [4.69, 9.17) is 10.2 Å². The lowest BCUT2D eigenvalue weighted by atomic mass is 10.2. The first kappa shape index (κ1) is 13.5. The molecule has 0 heterocycles. The van der Waals surface area contributed by atoms with Gasteiger partial charge in [0.05, 0.1) is 12.7 Å². The highest BCUT2D eigenvalue weighted by Crippen LogP contribution is 2.09. The fraction of sp³-hybridized carbons (Fsp3) is 0.417. The molecule has 1 aromatic rings. The standard InChI is InChI=1S/C12H18N2O3/c1-2-13-12(17)9-3-5-10(6-4-9)14-7-11(16)8-15/h3-6,11,14-16H,2,7-8H2,1H3,(H,13,17). The molecule has 94 valence electrons. The number of hydrogen-bond donors (Lipinski definition) is 4. The second kappa shape index (κ2) is 6.88. The van der Waals surface area contributed by atoms with Gasteiger partial charge in [0.1, 0.15) is 0 Å². The number of benzene rings is 1. The van der Waals surface area contributed by atoms with Crippen molar-refractivity contribution in [3.8, 4) is 0 Å². The van der Waals surface area contributed by atoms with Crippen molar-refractivity contribution in [1.82, 2.24) is 5.32 Å². The van der Waals surface area contributed by atoms with Crippen LogP contribution in [0.15, 0.2) is 24.3 Å². The van der Waals surface area contributed by atoms with E-state index in [0.717, 1.165) is 5.69 Å². The highest BCUT2D eigenvalue weighted by molar-refractivity contribution is 5.94. The maximum atomic E-state index is 11.5. The van der Waals surface area contributed by atoms with Crippen LogP contribution in [0.25, 0.3) is 0 Å². The molecule has 5 heteroatoms. The monoisotopic (exact) mass is 238 g/mol. The second-order valence-corrected chi connectivity index (χ2v) is 3.65. The number of aliphatic hydroxyl groups is 2. The Kier molecular flexibility index (Phi) is 5.45. The van der Waals surface area contributed by atoms with Crippen LogP contribution in [0.4, 0.5) is 5.69 Å². The van der Waals surface area contributed by atoms with Gasteiger partial charge in [-0.05, 0) is 31.2 Å². The van der Waals surface area contributed by atoms with Crippen molar-refractivity contribution < 1.29 is 15.0 Å². The Morgan fingerprint density at radius 2 is 2.00 bits per heavy atom. The van der Waals surface area contributed by atoms with Gasteiger partial charge in [0, 0.05) is 24.3 Å². The first-order valence-electron chi connectivity index (χ1n) is 5.58. The van der Waals surface area contributed by atoms with Gasteiger partial charge in [-0.15, -0.1) is 0 Å². The van der Waals surface area contributed by atoms with Crippen LogP contribution in [0.5, 0.6) is 0 Å². The molecule has 0 fully saturated rings. The molecular formula is C12H18N2O3. The number of carbonyl (C=O) groups excluding carboxylic acids is 1. The molecule has 0 bridgehead atoms. The lowest BCUT2D eigenvalue weighted by molar-refractivity contribution is 0.0956. The van der Waals surface area contributed by atoms with E-state index in [9.17, 15) is 4.79 Å². The Morgan fingerprint density at radius 1 is 1.35 bits per heavy atom. The molecule has 0 aromatic heterocycles. The smallest absolute Gasteiger partial charge is 0.251 e. The molecule has 17 heavy (non-hydrogen) atoms. The van der Waals surface area contributed by atoms with Gasteiger partial charge in [-0.1, -0.05) is 0 Å². The lowest BCUT2D eigenvalue weighted by Crippen LogP contribution is -2.23. The Labute approximate surface area is 100 Å². The van der Waals surface area contributed by atoms with Crippen LogP contribution in [0.1, 0.15) is 17.3 Å². The Hall–Kier alpha value is -1.59. The topological polar surface area (TPSA) is 81.6 Å². The van der Waals surface area contributed by atoms with Crippen molar-refractivity contribution >= 4 is 11.6 Å². The molecule has 0 saturated carbocycles. The summed E-state index contributed by atoms with van der Waals surface area (Å²) in [6.07, 6.45) is -0.780. The zero-order valence-corrected chi connectivity index (χ0v) is 9.81. The number of carbonyl (C=O) groups is 1. The Bertz CT molecular complexity index is 351. The summed E-state index contributed by atoms with van der Waals surface area (Å²) in [6.45, 7) is 2.46. The molecule has 1 rings (SSSR count). The second-order valence-electron chi connectivity index (χ2n) is 3.65. The summed E-state index contributed by atoms with van der Waals surface area (Å²) in [5.41, 5.74) is 1.39. The molecule has 1 amide bonds. The predicted molar refractivity (Wildman–Crippen MR) is 66.0 cm³/mol. The van der Waals surface area contributed by atoms with Crippen LogP contribution < -0.4 is 10.6 Å². The summed E-state index contributed by atoms with van der Waals surface area (Å²) in [4.78, 5) is 11.5. The summed E-state index contributed by atoms with van der Waals surface area (Å²) < 4.78 is 0. The number of anilines is 1. The molecule has 1 aromatic carbocycles. The van der Waals surface area contributed by atoms with Crippen molar-refractivity contribution in [3.05, 3.63) is 29.8 Å². The summed E-state index contributed by atoms with van der Waals surface area (Å²) in [6, 6.07) is 6.93. The summed E-state index contributed by atoms with van der Waals surface area (Å²) >= 11 is 0. The van der Waals surface area contributed by atoms with E-state index in [0.29, 0.717) is 12.1 Å². The van der Waals surface area contributed by atoms with Gasteiger partial charge in [-0.25, -0.2) is 0 Å². The lowest BCUT2D eigenvalue weighted by Gasteiger charge is -2.10. The molecule has 5 nitrogen and oxygen atoms in total. The van der Waals surface area contributed by atoms with E-state index in [1.807, 2.05) is 6.92 Å². The molecule has 0 saturated heterocycles. The van der Waals surface area contributed by atoms with Crippen LogP contribution in [0.3, 0.4) is 0 Å². The van der Waals surface area contributed by atoms with Crippen molar-refractivity contribution in [3.63, 3.8) is 0 Å². The minimum absolute atomic E-state index is 0.102. The molecule has 1 unspecified atom stereocenters. The maximum Gasteiger partial charge on any atom is 0.251 e. The molecule has 4 N–H and O–H groups in total. The Balaban J connectivity index is 2.53. The summed E-state index contributed by atoms with van der Waals surface area (Å²) in [7, 11) is 0. The number of hydrogen-bond acceptors (Lipinski definition) is 4. The largest absolute Gasteiger partial charge is 0.394 e. The maximum absolute atomic E-state index is 11.5. The van der Waals surface area contributed by atoms with Crippen LogP contribution >= 0.6 is 0 Å². The molecule has 0 radical (unpaired) electrons. The average Bonchev–Trinajstić information content (AvgIpc) is 2.36. The zero-order valence-electron chi connectivity index (χ0n) is 9.81. The van der Waals surface area contributed by atoms with Crippen LogP contribution in [0.2, 0.25) is 0 Å². The van der Waals surface area contributed by atoms with Crippen LogP contribution in [-0.2, 0) is 0 Å². The highest BCUT2D eigenvalue weighted by Gasteiger charge is 2.04. The predicted octanol–water partition coefficient (Wildman–Crippen LogP) is 0.201. The summed E-state index contributed by atoms with van der Waals surface area (Å²) in [5.74, 6) is -0.102. The molecule has 0 spiro atoms. The minimum atomic E-state index is -0.780. The molecule has 0 aliphatic rings. The summed E-state index contributed by atoms with van der Waals surface area (Å²) in [5, 5.41) is 23.5. The first-order chi connectivity index (χ1) is 8.17.